The lowest BCUT2D eigenvalue weighted by Crippen LogP contribution is -2.50. The number of urea groups is 1. The van der Waals surface area contributed by atoms with Gasteiger partial charge in [-0.15, -0.1) is 0 Å². The number of amides is 2. The molecule has 7 heteroatoms. The lowest BCUT2D eigenvalue weighted by atomic mass is 10.0. The number of nitrogens with one attached hydrogen (secondary N) is 2. The molecule has 6 nitrogen and oxygen atoms in total. The molecule has 1 saturated heterocycles. The van der Waals surface area contributed by atoms with Gasteiger partial charge in [-0.05, 0) is 36.5 Å². The molecular formula is C16H25N3O3S. The van der Waals surface area contributed by atoms with Crippen molar-refractivity contribution in [1.29, 1.82) is 0 Å². The molecule has 1 aromatic carbocycles. The maximum absolute atomic E-state index is 12.1. The van der Waals surface area contributed by atoms with Crippen LogP contribution in [0.5, 0.6) is 0 Å². The maximum atomic E-state index is 12.1. The SMILES string of the molecule is CC(C)c1ccc(NC(=O)N[C@H]2CCCN(S(C)(=O)=O)C2)cc1. The van der Waals surface area contributed by atoms with Crippen molar-refractivity contribution >= 4 is 21.7 Å². The topological polar surface area (TPSA) is 78.5 Å². The number of carbonyl (C=O) groups is 1. The summed E-state index contributed by atoms with van der Waals surface area (Å²) < 4.78 is 24.6. The van der Waals surface area contributed by atoms with Crippen molar-refractivity contribution < 1.29 is 13.2 Å². The van der Waals surface area contributed by atoms with Gasteiger partial charge in [0.25, 0.3) is 0 Å². The predicted molar refractivity (Wildman–Crippen MR) is 92.1 cm³/mol. The van der Waals surface area contributed by atoms with Crippen molar-refractivity contribution in [2.45, 2.75) is 38.6 Å². The normalized spacial score (nSPS) is 19.6. The largest absolute Gasteiger partial charge is 0.334 e. The quantitative estimate of drug-likeness (QED) is 0.884. The van der Waals surface area contributed by atoms with E-state index in [4.69, 9.17) is 0 Å². The molecule has 0 radical (unpaired) electrons. The van der Waals surface area contributed by atoms with Gasteiger partial charge >= 0.3 is 6.03 Å². The van der Waals surface area contributed by atoms with E-state index in [0.29, 0.717) is 19.0 Å². The number of hydrogen-bond acceptors (Lipinski definition) is 3. The standard InChI is InChI=1S/C16H25N3O3S/c1-12(2)13-6-8-14(9-7-13)17-16(20)18-15-5-4-10-19(11-15)23(3,21)22/h6-9,12,15H,4-5,10-11H2,1-3H3,(H2,17,18,20)/t15-/m0/s1. The molecule has 23 heavy (non-hydrogen) atoms. The second-order valence-electron chi connectivity index (χ2n) is 6.34. The van der Waals surface area contributed by atoms with E-state index < -0.39 is 10.0 Å². The molecule has 0 aliphatic carbocycles. The van der Waals surface area contributed by atoms with Crippen LogP contribution in [0.4, 0.5) is 10.5 Å². The first-order valence-corrected chi connectivity index (χ1v) is 9.73. The molecule has 1 aliphatic heterocycles. The zero-order valence-electron chi connectivity index (χ0n) is 13.9. The van der Waals surface area contributed by atoms with Gasteiger partial charge in [-0.25, -0.2) is 17.5 Å². The summed E-state index contributed by atoms with van der Waals surface area (Å²) in [6, 6.07) is 7.27. The molecule has 0 aromatic heterocycles. The van der Waals surface area contributed by atoms with Gasteiger partial charge in [-0.2, -0.15) is 0 Å². The van der Waals surface area contributed by atoms with Crippen molar-refractivity contribution in [2.24, 2.45) is 0 Å². The van der Waals surface area contributed by atoms with Gasteiger partial charge in [0.15, 0.2) is 0 Å². The highest BCUT2D eigenvalue weighted by Crippen LogP contribution is 2.17. The van der Waals surface area contributed by atoms with E-state index in [0.717, 1.165) is 18.5 Å². The van der Waals surface area contributed by atoms with E-state index in [1.807, 2.05) is 24.3 Å². The molecular weight excluding hydrogens is 314 g/mol. The van der Waals surface area contributed by atoms with Crippen molar-refractivity contribution in [2.75, 3.05) is 24.7 Å². The van der Waals surface area contributed by atoms with Crippen molar-refractivity contribution in [3.05, 3.63) is 29.8 Å². The molecule has 2 rings (SSSR count). The Morgan fingerprint density at radius 1 is 1.26 bits per heavy atom. The molecule has 1 atom stereocenters. The van der Waals surface area contributed by atoms with Crippen LogP contribution >= 0.6 is 0 Å². The maximum Gasteiger partial charge on any atom is 0.319 e. The molecule has 0 unspecified atom stereocenters. The van der Waals surface area contributed by atoms with E-state index in [1.165, 1.54) is 16.1 Å². The van der Waals surface area contributed by atoms with Crippen LogP contribution in [0.15, 0.2) is 24.3 Å². The third-order valence-corrected chi connectivity index (χ3v) is 5.29. The summed E-state index contributed by atoms with van der Waals surface area (Å²) in [5.41, 5.74) is 1.94. The minimum atomic E-state index is -3.20. The Balaban J connectivity index is 1.89. The highest BCUT2D eigenvalue weighted by molar-refractivity contribution is 7.88. The van der Waals surface area contributed by atoms with Crippen molar-refractivity contribution in [3.8, 4) is 0 Å². The van der Waals surface area contributed by atoms with Crippen LogP contribution in [0.25, 0.3) is 0 Å². The Hall–Kier alpha value is -1.60. The van der Waals surface area contributed by atoms with Crippen LogP contribution in [-0.4, -0.2) is 44.1 Å². The average molecular weight is 339 g/mol. The van der Waals surface area contributed by atoms with Crippen LogP contribution in [0.1, 0.15) is 38.2 Å². The molecule has 2 N–H and O–H groups in total. The van der Waals surface area contributed by atoms with E-state index in [2.05, 4.69) is 24.5 Å². The summed E-state index contributed by atoms with van der Waals surface area (Å²) in [4.78, 5) is 12.1. The summed E-state index contributed by atoms with van der Waals surface area (Å²) >= 11 is 0. The number of nitrogens with zero attached hydrogens (tertiary/aromatic N) is 1. The fourth-order valence-electron chi connectivity index (χ4n) is 2.67. The Kier molecular flexibility index (Phi) is 5.64. The molecule has 1 heterocycles. The molecule has 1 aliphatic rings. The van der Waals surface area contributed by atoms with E-state index in [1.54, 1.807) is 0 Å². The summed E-state index contributed by atoms with van der Waals surface area (Å²) in [5, 5.41) is 5.64. The van der Waals surface area contributed by atoms with Crippen LogP contribution in [-0.2, 0) is 10.0 Å². The molecule has 128 valence electrons. The molecule has 0 spiro atoms. The first kappa shape index (κ1) is 17.7. The van der Waals surface area contributed by atoms with Crippen LogP contribution in [0, 0.1) is 0 Å². The number of carbonyl (C=O) groups excluding carboxylic acids is 1. The Bertz CT molecular complexity index is 641. The lowest BCUT2D eigenvalue weighted by molar-refractivity contribution is 0.236. The van der Waals surface area contributed by atoms with Crippen molar-refractivity contribution in [1.82, 2.24) is 9.62 Å². The third-order valence-electron chi connectivity index (χ3n) is 4.02. The van der Waals surface area contributed by atoms with Gasteiger partial charge < -0.3 is 10.6 Å². The van der Waals surface area contributed by atoms with Crippen molar-refractivity contribution in [3.63, 3.8) is 0 Å². The number of rotatable bonds is 4. The first-order chi connectivity index (χ1) is 10.8. The van der Waals surface area contributed by atoms with E-state index >= 15 is 0 Å². The third kappa shape index (κ3) is 5.21. The molecule has 1 fully saturated rings. The average Bonchev–Trinajstić information content (AvgIpc) is 2.47. The summed E-state index contributed by atoms with van der Waals surface area (Å²) in [5.74, 6) is 0.446. The highest BCUT2D eigenvalue weighted by Gasteiger charge is 2.26. The summed E-state index contributed by atoms with van der Waals surface area (Å²) in [6.07, 6.45) is 2.73. The predicted octanol–water partition coefficient (Wildman–Crippen LogP) is 2.36. The minimum absolute atomic E-state index is 0.159. The summed E-state index contributed by atoms with van der Waals surface area (Å²) in [6.45, 7) is 5.09. The monoisotopic (exact) mass is 339 g/mol. The molecule has 2 amide bonds. The number of hydrogen-bond donors (Lipinski definition) is 2. The van der Waals surface area contributed by atoms with Gasteiger partial charge in [0.1, 0.15) is 0 Å². The Labute approximate surface area is 138 Å². The molecule has 0 saturated carbocycles. The van der Waals surface area contributed by atoms with Gasteiger partial charge in [0.05, 0.1) is 6.26 Å². The molecule has 1 aromatic rings. The number of benzene rings is 1. The number of piperidine rings is 1. The number of sulfonamides is 1. The smallest absolute Gasteiger partial charge is 0.319 e. The Morgan fingerprint density at radius 2 is 1.91 bits per heavy atom. The van der Waals surface area contributed by atoms with Crippen LogP contribution in [0.2, 0.25) is 0 Å². The Morgan fingerprint density at radius 3 is 2.48 bits per heavy atom. The fraction of sp³-hybridized carbons (Fsp3) is 0.562. The van der Waals surface area contributed by atoms with Gasteiger partial charge in [0.2, 0.25) is 10.0 Å². The summed E-state index contributed by atoms with van der Waals surface area (Å²) in [7, 11) is -3.20. The van der Waals surface area contributed by atoms with Crippen LogP contribution in [0.3, 0.4) is 0 Å². The van der Waals surface area contributed by atoms with Gasteiger partial charge in [-0.3, -0.25) is 0 Å². The zero-order valence-corrected chi connectivity index (χ0v) is 14.7. The van der Waals surface area contributed by atoms with E-state index in [-0.39, 0.29) is 12.1 Å². The van der Waals surface area contributed by atoms with Crippen LogP contribution < -0.4 is 10.6 Å². The second kappa shape index (κ2) is 7.31. The van der Waals surface area contributed by atoms with Gasteiger partial charge in [0, 0.05) is 24.8 Å². The number of anilines is 1. The minimum Gasteiger partial charge on any atom is -0.334 e. The van der Waals surface area contributed by atoms with Gasteiger partial charge in [-0.1, -0.05) is 26.0 Å². The van der Waals surface area contributed by atoms with E-state index in [9.17, 15) is 13.2 Å². The molecule has 0 bridgehead atoms. The first-order valence-electron chi connectivity index (χ1n) is 7.88. The zero-order chi connectivity index (χ0) is 17.0. The second-order valence-corrected chi connectivity index (χ2v) is 8.32. The fourth-order valence-corrected chi connectivity index (χ4v) is 3.58. The lowest BCUT2D eigenvalue weighted by Gasteiger charge is -2.31. The highest BCUT2D eigenvalue weighted by atomic mass is 32.2.